The molecule has 0 aromatic heterocycles. The van der Waals surface area contributed by atoms with Crippen molar-refractivity contribution >= 4 is 0 Å². The second-order valence-corrected chi connectivity index (χ2v) is 5.37. The average molecular weight is 180 g/mol. The maximum atomic E-state index is 9.37. The number of rotatable bonds is 2. The van der Waals surface area contributed by atoms with E-state index in [-0.39, 0.29) is 6.10 Å². The lowest BCUT2D eigenvalue weighted by Crippen LogP contribution is -2.48. The van der Waals surface area contributed by atoms with Crippen molar-refractivity contribution in [2.75, 3.05) is 0 Å². The summed E-state index contributed by atoms with van der Waals surface area (Å²) in [6.07, 6.45) is 5.70. The zero-order valence-electron chi connectivity index (χ0n) is 8.88. The Morgan fingerprint density at radius 3 is 2.77 bits per heavy atom. The van der Waals surface area contributed by atoms with Crippen molar-refractivity contribution in [2.45, 2.75) is 46.1 Å². The number of hydrogen-bond acceptors (Lipinski definition) is 1. The molecule has 3 aliphatic rings. The predicted octanol–water partition coefficient (Wildman–Crippen LogP) is 2.75. The van der Waals surface area contributed by atoms with E-state index in [4.69, 9.17) is 0 Å². The molecule has 0 saturated heterocycles. The maximum Gasteiger partial charge on any atom is 0.0549 e. The molecule has 1 saturated carbocycles. The lowest BCUT2D eigenvalue weighted by molar-refractivity contribution is -0.0116. The summed E-state index contributed by atoms with van der Waals surface area (Å²) < 4.78 is 0. The lowest BCUT2D eigenvalue weighted by atomic mass is 9.48. The van der Waals surface area contributed by atoms with Crippen LogP contribution in [0.25, 0.3) is 0 Å². The number of aliphatic hydroxyl groups is 1. The Balaban J connectivity index is 2.10. The molecule has 3 aliphatic carbocycles. The van der Waals surface area contributed by atoms with Crippen molar-refractivity contribution in [1.29, 1.82) is 0 Å². The van der Waals surface area contributed by atoms with Gasteiger partial charge in [-0.25, -0.2) is 0 Å². The summed E-state index contributed by atoms with van der Waals surface area (Å²) in [5, 5.41) is 9.37. The highest BCUT2D eigenvalue weighted by molar-refractivity contribution is 5.23. The molecule has 0 amide bonds. The highest BCUT2D eigenvalue weighted by Gasteiger charge is 2.50. The largest absolute Gasteiger partial charge is 0.393 e. The normalized spacial score (nSPS) is 37.7. The molecule has 0 aromatic rings. The van der Waals surface area contributed by atoms with E-state index in [1.54, 1.807) is 0 Å². The van der Waals surface area contributed by atoms with E-state index in [1.165, 1.54) is 18.4 Å². The summed E-state index contributed by atoms with van der Waals surface area (Å²) in [6.45, 7) is 6.64. The lowest BCUT2D eigenvalue weighted by Gasteiger charge is -2.56. The van der Waals surface area contributed by atoms with Crippen LogP contribution in [0.3, 0.4) is 0 Å². The Morgan fingerprint density at radius 1 is 1.62 bits per heavy atom. The summed E-state index contributed by atoms with van der Waals surface area (Å²) in [4.78, 5) is 0. The molecule has 1 nitrogen and oxygen atoms in total. The summed E-state index contributed by atoms with van der Waals surface area (Å²) >= 11 is 0. The van der Waals surface area contributed by atoms with Crippen molar-refractivity contribution in [3.05, 3.63) is 11.6 Å². The van der Waals surface area contributed by atoms with Gasteiger partial charge in [0.25, 0.3) is 0 Å². The first-order valence-corrected chi connectivity index (χ1v) is 5.39. The topological polar surface area (TPSA) is 20.2 Å². The quantitative estimate of drug-likeness (QED) is 0.648. The first-order chi connectivity index (χ1) is 6.01. The summed E-state index contributed by atoms with van der Waals surface area (Å²) in [5.74, 6) is 1.68. The van der Waals surface area contributed by atoms with E-state index in [1.807, 2.05) is 6.92 Å². The Hall–Kier alpha value is -0.300. The van der Waals surface area contributed by atoms with Crippen LogP contribution in [0, 0.1) is 17.3 Å². The smallest absolute Gasteiger partial charge is 0.0549 e. The minimum Gasteiger partial charge on any atom is -0.393 e. The monoisotopic (exact) mass is 180 g/mol. The minimum absolute atomic E-state index is 0.167. The molecule has 2 unspecified atom stereocenters. The molecule has 1 fully saturated rings. The van der Waals surface area contributed by atoms with Crippen LogP contribution < -0.4 is 0 Å². The molecule has 13 heavy (non-hydrogen) atoms. The van der Waals surface area contributed by atoms with E-state index < -0.39 is 0 Å². The maximum absolute atomic E-state index is 9.37. The highest BCUT2D eigenvalue weighted by atomic mass is 16.3. The number of aliphatic hydroxyl groups excluding tert-OH is 1. The van der Waals surface area contributed by atoms with E-state index in [0.29, 0.717) is 5.41 Å². The molecule has 74 valence electrons. The van der Waals surface area contributed by atoms with Crippen molar-refractivity contribution in [2.24, 2.45) is 17.3 Å². The fourth-order valence-electron chi connectivity index (χ4n) is 3.05. The highest BCUT2D eigenvalue weighted by Crippen LogP contribution is 2.59. The van der Waals surface area contributed by atoms with Gasteiger partial charge in [-0.2, -0.15) is 0 Å². The van der Waals surface area contributed by atoms with Gasteiger partial charge in [0.1, 0.15) is 0 Å². The Bertz CT molecular complexity index is 238. The van der Waals surface area contributed by atoms with Gasteiger partial charge in [-0.05, 0) is 43.4 Å². The molecule has 0 radical (unpaired) electrons. The van der Waals surface area contributed by atoms with Crippen LogP contribution in [-0.2, 0) is 0 Å². The molecular weight excluding hydrogens is 160 g/mol. The van der Waals surface area contributed by atoms with Crippen LogP contribution in [0.1, 0.15) is 40.0 Å². The molecule has 3 atom stereocenters. The molecule has 1 heteroatoms. The third-order valence-corrected chi connectivity index (χ3v) is 4.11. The van der Waals surface area contributed by atoms with Crippen molar-refractivity contribution in [1.82, 2.24) is 0 Å². The Kier molecular flexibility index (Phi) is 2.03. The van der Waals surface area contributed by atoms with Gasteiger partial charge in [-0.1, -0.05) is 25.5 Å². The zero-order chi connectivity index (χ0) is 9.64. The van der Waals surface area contributed by atoms with Gasteiger partial charge >= 0.3 is 0 Å². The SMILES string of the molecule is C[C@@H](O)CC1=CCC2CC1C2(C)C. The van der Waals surface area contributed by atoms with Gasteiger partial charge in [0, 0.05) is 0 Å². The molecule has 0 aromatic carbocycles. The second kappa shape index (κ2) is 2.84. The van der Waals surface area contributed by atoms with Crippen LogP contribution in [0.5, 0.6) is 0 Å². The first-order valence-electron chi connectivity index (χ1n) is 5.39. The first kappa shape index (κ1) is 9.26. The van der Waals surface area contributed by atoms with Crippen LogP contribution in [0.4, 0.5) is 0 Å². The molecule has 0 heterocycles. The van der Waals surface area contributed by atoms with Crippen LogP contribution >= 0.6 is 0 Å². The van der Waals surface area contributed by atoms with Gasteiger partial charge in [0.2, 0.25) is 0 Å². The number of fused-ring (bicyclic) bond motifs is 1. The molecule has 0 spiro atoms. The minimum atomic E-state index is -0.167. The molecule has 0 aliphatic heterocycles. The van der Waals surface area contributed by atoms with Crippen LogP contribution in [-0.4, -0.2) is 11.2 Å². The van der Waals surface area contributed by atoms with E-state index in [0.717, 1.165) is 18.3 Å². The van der Waals surface area contributed by atoms with Crippen molar-refractivity contribution in [3.63, 3.8) is 0 Å². The van der Waals surface area contributed by atoms with Gasteiger partial charge < -0.3 is 5.11 Å². The third kappa shape index (κ3) is 1.34. The van der Waals surface area contributed by atoms with E-state index in [2.05, 4.69) is 19.9 Å². The number of hydrogen-bond donors (Lipinski definition) is 1. The van der Waals surface area contributed by atoms with Gasteiger partial charge in [-0.3, -0.25) is 0 Å². The fraction of sp³-hybridized carbons (Fsp3) is 0.833. The van der Waals surface area contributed by atoms with Crippen LogP contribution in [0.15, 0.2) is 11.6 Å². The van der Waals surface area contributed by atoms with Crippen molar-refractivity contribution in [3.8, 4) is 0 Å². The number of allylic oxidation sites excluding steroid dienone is 1. The van der Waals surface area contributed by atoms with Gasteiger partial charge in [-0.15, -0.1) is 0 Å². The standard InChI is InChI=1S/C12H20O/c1-8(13)6-9-4-5-10-7-11(9)12(10,2)3/h4,8,10-11,13H,5-7H2,1-3H3/t8-,10?,11?/m1/s1. The molecule has 3 rings (SSSR count). The summed E-state index contributed by atoms with van der Waals surface area (Å²) in [5.41, 5.74) is 2.03. The predicted molar refractivity (Wildman–Crippen MR) is 54.4 cm³/mol. The van der Waals surface area contributed by atoms with Gasteiger partial charge in [0.05, 0.1) is 6.10 Å². The fourth-order valence-corrected chi connectivity index (χ4v) is 3.05. The molecule has 2 bridgehead atoms. The second-order valence-electron chi connectivity index (χ2n) is 5.37. The van der Waals surface area contributed by atoms with E-state index in [9.17, 15) is 5.11 Å². The Labute approximate surface area is 80.8 Å². The average Bonchev–Trinajstić information content (AvgIpc) is 2.03. The third-order valence-electron chi connectivity index (χ3n) is 4.11. The van der Waals surface area contributed by atoms with E-state index >= 15 is 0 Å². The van der Waals surface area contributed by atoms with Crippen LogP contribution in [0.2, 0.25) is 0 Å². The van der Waals surface area contributed by atoms with Gasteiger partial charge in [0.15, 0.2) is 0 Å². The van der Waals surface area contributed by atoms with Crippen molar-refractivity contribution < 1.29 is 5.11 Å². The summed E-state index contributed by atoms with van der Waals surface area (Å²) in [6, 6.07) is 0. The summed E-state index contributed by atoms with van der Waals surface area (Å²) in [7, 11) is 0. The molecule has 1 N–H and O–H groups in total. The molecular formula is C12H20O. The zero-order valence-corrected chi connectivity index (χ0v) is 8.88. The Morgan fingerprint density at radius 2 is 2.31 bits per heavy atom.